The molecule has 1 aromatic heterocycles. The number of rotatable bonds is 6. The first-order chi connectivity index (χ1) is 9.29. The first-order valence-electron chi connectivity index (χ1n) is 7.22. The van der Waals surface area contributed by atoms with Crippen molar-refractivity contribution in [1.82, 2.24) is 9.97 Å². The van der Waals surface area contributed by atoms with Crippen molar-refractivity contribution in [3.63, 3.8) is 0 Å². The zero-order valence-corrected chi connectivity index (χ0v) is 11.9. The van der Waals surface area contributed by atoms with Crippen molar-refractivity contribution in [3.05, 3.63) is 11.8 Å². The van der Waals surface area contributed by atoms with Crippen LogP contribution in [0.1, 0.15) is 38.2 Å². The van der Waals surface area contributed by atoms with Gasteiger partial charge in [-0.3, -0.25) is 0 Å². The Hall–Kier alpha value is -1.36. The van der Waals surface area contributed by atoms with Gasteiger partial charge in [0.2, 0.25) is 5.95 Å². The van der Waals surface area contributed by atoms with Crippen molar-refractivity contribution in [3.8, 4) is 0 Å². The zero-order valence-electron chi connectivity index (χ0n) is 11.9. The Balaban J connectivity index is 1.82. The molecule has 1 aliphatic heterocycles. The summed E-state index contributed by atoms with van der Waals surface area (Å²) in [6.07, 6.45) is 7.00. The summed E-state index contributed by atoms with van der Waals surface area (Å²) in [7, 11) is 0. The van der Waals surface area contributed by atoms with Gasteiger partial charge in [0.15, 0.2) is 0 Å². The van der Waals surface area contributed by atoms with E-state index in [1.165, 1.54) is 19.3 Å². The molecule has 0 saturated carbocycles. The molecule has 1 atom stereocenters. The second-order valence-corrected chi connectivity index (χ2v) is 4.96. The zero-order chi connectivity index (χ0) is 13.5. The van der Waals surface area contributed by atoms with E-state index in [1.807, 2.05) is 20.0 Å². The molecule has 1 aromatic rings. The maximum Gasteiger partial charge on any atom is 0.224 e. The number of nitrogens with zero attached hydrogens (tertiary/aromatic N) is 2. The highest BCUT2D eigenvalue weighted by atomic mass is 16.5. The molecule has 1 unspecified atom stereocenters. The average molecular weight is 264 g/mol. The van der Waals surface area contributed by atoms with Crippen LogP contribution in [0.4, 0.5) is 11.8 Å². The lowest BCUT2D eigenvalue weighted by atomic mass is 10.1. The summed E-state index contributed by atoms with van der Waals surface area (Å²) in [5.74, 6) is 1.60. The SMILES string of the molecule is CCNc1ncc(C)c(NCCC2CCCCO2)n1. The van der Waals surface area contributed by atoms with Crippen molar-refractivity contribution < 1.29 is 4.74 Å². The van der Waals surface area contributed by atoms with Gasteiger partial charge in [-0.25, -0.2) is 4.98 Å². The highest BCUT2D eigenvalue weighted by Crippen LogP contribution is 2.17. The molecule has 5 nitrogen and oxygen atoms in total. The van der Waals surface area contributed by atoms with Gasteiger partial charge >= 0.3 is 0 Å². The van der Waals surface area contributed by atoms with Crippen LogP contribution in [-0.2, 0) is 4.74 Å². The molecule has 0 radical (unpaired) electrons. The highest BCUT2D eigenvalue weighted by molar-refractivity contribution is 5.46. The number of aromatic nitrogens is 2. The van der Waals surface area contributed by atoms with Crippen molar-refractivity contribution >= 4 is 11.8 Å². The van der Waals surface area contributed by atoms with Gasteiger partial charge in [-0.1, -0.05) is 0 Å². The van der Waals surface area contributed by atoms with Gasteiger partial charge in [0.25, 0.3) is 0 Å². The molecule has 0 amide bonds. The minimum Gasteiger partial charge on any atom is -0.378 e. The Morgan fingerprint density at radius 1 is 1.37 bits per heavy atom. The van der Waals surface area contributed by atoms with Crippen LogP contribution < -0.4 is 10.6 Å². The Labute approximate surface area is 115 Å². The van der Waals surface area contributed by atoms with Gasteiger partial charge in [0, 0.05) is 31.5 Å². The molecule has 106 valence electrons. The smallest absolute Gasteiger partial charge is 0.224 e. The lowest BCUT2D eigenvalue weighted by Crippen LogP contribution is -2.22. The van der Waals surface area contributed by atoms with Crippen LogP contribution in [0.15, 0.2) is 6.20 Å². The molecule has 1 aliphatic rings. The second-order valence-electron chi connectivity index (χ2n) is 4.96. The van der Waals surface area contributed by atoms with Gasteiger partial charge < -0.3 is 15.4 Å². The maximum absolute atomic E-state index is 5.72. The molecular formula is C14H24N4O. The van der Waals surface area contributed by atoms with Crippen molar-refractivity contribution in [2.75, 3.05) is 30.3 Å². The van der Waals surface area contributed by atoms with E-state index in [0.29, 0.717) is 12.1 Å². The van der Waals surface area contributed by atoms with Gasteiger partial charge in [-0.05, 0) is 39.5 Å². The van der Waals surface area contributed by atoms with Gasteiger partial charge in [0.05, 0.1) is 6.10 Å². The van der Waals surface area contributed by atoms with Crippen molar-refractivity contribution in [1.29, 1.82) is 0 Å². The van der Waals surface area contributed by atoms with Crippen LogP contribution >= 0.6 is 0 Å². The predicted molar refractivity (Wildman–Crippen MR) is 77.6 cm³/mol. The van der Waals surface area contributed by atoms with Crippen LogP contribution in [-0.4, -0.2) is 35.8 Å². The molecule has 0 spiro atoms. The quantitative estimate of drug-likeness (QED) is 0.827. The molecule has 0 aromatic carbocycles. The van der Waals surface area contributed by atoms with Gasteiger partial charge in [-0.15, -0.1) is 0 Å². The Kier molecular flexibility index (Phi) is 5.39. The third-order valence-electron chi connectivity index (χ3n) is 3.34. The van der Waals surface area contributed by atoms with Crippen LogP contribution in [0.3, 0.4) is 0 Å². The highest BCUT2D eigenvalue weighted by Gasteiger charge is 2.13. The molecule has 19 heavy (non-hydrogen) atoms. The lowest BCUT2D eigenvalue weighted by molar-refractivity contribution is 0.0134. The Bertz CT molecular complexity index is 391. The Morgan fingerprint density at radius 3 is 3.00 bits per heavy atom. The van der Waals surface area contributed by atoms with Crippen molar-refractivity contribution in [2.24, 2.45) is 0 Å². The van der Waals surface area contributed by atoms with Crippen LogP contribution in [0.2, 0.25) is 0 Å². The number of nitrogens with one attached hydrogen (secondary N) is 2. The molecule has 2 N–H and O–H groups in total. The first-order valence-corrected chi connectivity index (χ1v) is 7.22. The van der Waals surface area contributed by atoms with E-state index in [1.54, 1.807) is 0 Å². The summed E-state index contributed by atoms with van der Waals surface area (Å²) in [5.41, 5.74) is 1.08. The fourth-order valence-corrected chi connectivity index (χ4v) is 2.25. The standard InChI is InChI=1S/C14H24N4O/c1-3-15-14-17-10-11(2)13(18-14)16-8-7-12-6-4-5-9-19-12/h10,12H,3-9H2,1-2H3,(H2,15,16,17,18). The number of hydrogen-bond donors (Lipinski definition) is 2. The molecule has 2 rings (SSSR count). The van der Waals surface area contributed by atoms with E-state index in [9.17, 15) is 0 Å². The van der Waals surface area contributed by atoms with Crippen LogP contribution in [0.25, 0.3) is 0 Å². The fourth-order valence-electron chi connectivity index (χ4n) is 2.25. The topological polar surface area (TPSA) is 59.1 Å². The third-order valence-corrected chi connectivity index (χ3v) is 3.34. The van der Waals surface area contributed by atoms with Crippen molar-refractivity contribution in [2.45, 2.75) is 45.6 Å². The van der Waals surface area contributed by atoms with E-state index in [2.05, 4.69) is 20.6 Å². The van der Waals surface area contributed by atoms with E-state index >= 15 is 0 Å². The molecule has 0 bridgehead atoms. The van der Waals surface area contributed by atoms with Crippen LogP contribution in [0.5, 0.6) is 0 Å². The van der Waals surface area contributed by atoms with Gasteiger partial charge in [-0.2, -0.15) is 4.98 Å². The molecule has 1 saturated heterocycles. The average Bonchev–Trinajstić information content (AvgIpc) is 2.44. The first kappa shape index (κ1) is 14.1. The second kappa shape index (κ2) is 7.28. The molecule has 2 heterocycles. The maximum atomic E-state index is 5.72. The number of aryl methyl sites for hydroxylation is 1. The summed E-state index contributed by atoms with van der Waals surface area (Å²) in [5, 5.41) is 6.52. The summed E-state index contributed by atoms with van der Waals surface area (Å²) in [6.45, 7) is 6.71. The molecular weight excluding hydrogens is 240 g/mol. The largest absolute Gasteiger partial charge is 0.378 e. The normalized spacial score (nSPS) is 19.2. The minimum atomic E-state index is 0.414. The van der Waals surface area contributed by atoms with E-state index in [-0.39, 0.29) is 0 Å². The molecule has 5 heteroatoms. The minimum absolute atomic E-state index is 0.414. The number of ether oxygens (including phenoxy) is 1. The van der Waals surface area contributed by atoms with E-state index < -0.39 is 0 Å². The summed E-state index contributed by atoms with van der Waals surface area (Å²) in [6, 6.07) is 0. The fraction of sp³-hybridized carbons (Fsp3) is 0.714. The van der Waals surface area contributed by atoms with Gasteiger partial charge in [0.1, 0.15) is 5.82 Å². The lowest BCUT2D eigenvalue weighted by Gasteiger charge is -2.22. The predicted octanol–water partition coefficient (Wildman–Crippen LogP) is 2.59. The summed E-state index contributed by atoms with van der Waals surface area (Å²) < 4.78 is 5.72. The van der Waals surface area contributed by atoms with E-state index in [0.717, 1.165) is 37.5 Å². The van der Waals surface area contributed by atoms with Crippen LogP contribution in [0, 0.1) is 6.92 Å². The number of hydrogen-bond acceptors (Lipinski definition) is 5. The Morgan fingerprint density at radius 2 is 2.26 bits per heavy atom. The summed E-state index contributed by atoms with van der Waals surface area (Å²) in [4.78, 5) is 8.71. The monoisotopic (exact) mass is 264 g/mol. The molecule has 1 fully saturated rings. The molecule has 0 aliphatic carbocycles. The number of anilines is 2. The summed E-state index contributed by atoms with van der Waals surface area (Å²) >= 11 is 0. The third kappa shape index (κ3) is 4.35. The van der Waals surface area contributed by atoms with E-state index in [4.69, 9.17) is 4.74 Å².